The van der Waals surface area contributed by atoms with Crippen molar-refractivity contribution in [3.05, 3.63) is 284 Å². The summed E-state index contributed by atoms with van der Waals surface area (Å²) in [6.07, 6.45) is 0. The number of halogens is 3. The van der Waals surface area contributed by atoms with Crippen LogP contribution in [0.25, 0.3) is 54.5 Å². The van der Waals surface area contributed by atoms with Crippen LogP contribution >= 0.6 is 67.8 Å². The van der Waals surface area contributed by atoms with E-state index in [1.54, 1.807) is 12.1 Å². The van der Waals surface area contributed by atoms with Gasteiger partial charge in [-0.1, -0.05) is 54.6 Å². The molecule has 0 radical (unpaired) electrons. The highest BCUT2D eigenvalue weighted by Gasteiger charge is 2.17. The van der Waals surface area contributed by atoms with Crippen molar-refractivity contribution in [2.45, 2.75) is 118 Å². The van der Waals surface area contributed by atoms with E-state index in [9.17, 15) is 14.9 Å². The number of nitrogens with zero attached hydrogens (tertiary/aromatic N) is 7. The van der Waals surface area contributed by atoms with Crippen LogP contribution in [0, 0.1) is 62.4 Å². The van der Waals surface area contributed by atoms with Gasteiger partial charge in [0.2, 0.25) is 11.3 Å². The topological polar surface area (TPSA) is 225 Å². The number of carbonyl (C=O) groups excluding carboxylic acids is 1. The number of nitro benzene ring substituents is 1. The number of aryl methyl sites for hydroxylation is 6. The minimum Gasteiger partial charge on any atom is -0.457 e. The lowest BCUT2D eigenvalue weighted by atomic mass is 10.1. The molecule has 122 heavy (non-hydrogen) atoms. The van der Waals surface area contributed by atoms with Crippen molar-refractivity contribution < 1.29 is 23.6 Å². The van der Waals surface area contributed by atoms with Crippen LogP contribution in [0.4, 0.5) is 62.6 Å². The first-order valence-corrected chi connectivity index (χ1v) is 45.0. The molecule has 0 saturated carbocycles. The Labute approximate surface area is 760 Å². The summed E-state index contributed by atoms with van der Waals surface area (Å²) in [5.41, 5.74) is 25.7. The monoisotopic (exact) mass is 1970 g/mol. The first-order valence-electron chi connectivity index (χ1n) is 41.7. The van der Waals surface area contributed by atoms with Crippen LogP contribution in [-0.4, -0.2) is 81.3 Å². The molecule has 7 N–H and O–H groups in total. The second-order valence-corrected chi connectivity index (χ2v) is 32.8. The van der Waals surface area contributed by atoms with E-state index in [0.29, 0.717) is 17.1 Å². The second-order valence-electron chi connectivity index (χ2n) is 29.0. The number of non-ortho nitro benzene ring substituents is 1. The standard InChI is InChI=1S/C29H31N5O3.C23H25N3O.C23H28N2O.C9H10INO.C9H12IN.C7H8IN/c1-5-30-26-19-29(27(17-20(26)4)32-31-22-11-13-23(14-12-22)34(35)36)37-28-10-8-9-21-18-24(15-16-25(21)28)33(6-2)7-3;1-5-24-20-14-22-21(12-15(20)4)25-19-11-8-16-13-17(26(6-2)7-3)9-10-18(16)23(19)27-22;1-5-24-22-16-20(13-11-17(22)4)26-23-10-8-9-18-15-19(12-14-21(18)23)25(6-2)7-3;1-6-3-4-8(10)5-9(6)11-7(2)12;1-3-11-9-6-8(10)5-4-7(9)2;1-5-2-3-6(8)4-7(5)9/h8-19,30H,5-7H2,1-4H3;8-14H,5-7H2,1-4H3;8-16,24H,5-7H2,1-4H3;3-5H,1-2H3,(H,11,12);4-6,11H,3H2,1-2H3;2-4H,9H2,1H3/p+1. The number of nitrogens with one attached hydrogen (secondary N) is 5. The lowest BCUT2D eigenvalue weighted by molar-refractivity contribution is -0.384. The van der Waals surface area contributed by atoms with Crippen molar-refractivity contribution in [2.24, 2.45) is 10.2 Å². The van der Waals surface area contributed by atoms with Gasteiger partial charge in [0.05, 0.1) is 10.6 Å². The molecule has 1 aromatic heterocycles. The Balaban J connectivity index is 0.000000178. The fourth-order valence-electron chi connectivity index (χ4n) is 13.7. The number of nitrogen functional groups attached to an aromatic ring is 1. The van der Waals surface area contributed by atoms with Crippen molar-refractivity contribution >= 4 is 191 Å². The lowest BCUT2D eigenvalue weighted by Gasteiger charge is -2.21. The summed E-state index contributed by atoms with van der Waals surface area (Å²) in [6.45, 7) is 44.6. The smallest absolute Gasteiger partial charge is 0.269 e. The molecule has 636 valence electrons. The van der Waals surface area contributed by atoms with Crippen LogP contribution in [0.5, 0.6) is 23.0 Å². The maximum absolute atomic E-state index is 10.9. The van der Waals surface area contributed by atoms with E-state index in [4.69, 9.17) is 24.6 Å². The summed E-state index contributed by atoms with van der Waals surface area (Å²) in [6, 6.07) is 74.6. The van der Waals surface area contributed by atoms with Crippen LogP contribution in [0.2, 0.25) is 0 Å². The van der Waals surface area contributed by atoms with Crippen molar-refractivity contribution in [2.75, 3.05) is 108 Å². The summed E-state index contributed by atoms with van der Waals surface area (Å²) in [5.74, 6) is 3.00. The molecule has 0 unspecified atom stereocenters. The highest BCUT2D eigenvalue weighted by atomic mass is 127. The quantitative estimate of drug-likeness (QED) is 0.00484. The number of hydrogen-bond donors (Lipinski definition) is 6. The maximum Gasteiger partial charge on any atom is 0.269 e. The Bertz CT molecular complexity index is 6020. The molecule has 1 amide bonds. The normalized spacial score (nSPS) is 10.7. The molecule has 0 fully saturated rings. The number of carbonyl (C=O) groups is 1. The summed E-state index contributed by atoms with van der Waals surface area (Å²) in [7, 11) is 0. The number of azo groups is 1. The largest absolute Gasteiger partial charge is 0.457 e. The second kappa shape index (κ2) is 46.8. The van der Waals surface area contributed by atoms with Gasteiger partial charge in [0.25, 0.3) is 5.69 Å². The molecule has 0 aliphatic heterocycles. The summed E-state index contributed by atoms with van der Waals surface area (Å²) < 4.78 is 25.0. The average Bonchev–Trinajstić information content (AvgIpc) is 0.760. The van der Waals surface area contributed by atoms with E-state index in [1.807, 2.05) is 100 Å². The predicted molar refractivity (Wildman–Crippen MR) is 542 cm³/mol. The van der Waals surface area contributed by atoms with Gasteiger partial charge in [0.1, 0.15) is 47.1 Å². The third-order valence-corrected chi connectivity index (χ3v) is 22.5. The molecule has 14 aromatic rings. The molecular weight excluding hydrogens is 1860 g/mol. The molecule has 13 aromatic carbocycles. The van der Waals surface area contributed by atoms with Gasteiger partial charge in [-0.2, -0.15) is 5.11 Å². The minimum absolute atomic E-state index is 0.00826. The highest BCUT2D eigenvalue weighted by Crippen LogP contribution is 2.42. The molecule has 22 heteroatoms. The molecular formula is C100H115I3N13O6+. The zero-order chi connectivity index (χ0) is 88.1. The minimum atomic E-state index is -0.440. The molecule has 0 atom stereocenters. The number of aromatic nitrogens is 1. The number of rotatable bonds is 24. The fourth-order valence-corrected chi connectivity index (χ4v) is 15.2. The number of nitrogens with two attached hydrogens (primary N) is 1. The number of amides is 1. The van der Waals surface area contributed by atoms with Gasteiger partial charge in [0, 0.05) is 174 Å². The van der Waals surface area contributed by atoms with Crippen molar-refractivity contribution in [1.29, 1.82) is 0 Å². The number of benzene rings is 13. The van der Waals surface area contributed by atoms with Gasteiger partial charge in [-0.15, -0.1) is 5.11 Å². The van der Waals surface area contributed by atoms with Crippen molar-refractivity contribution in [3.8, 4) is 23.0 Å². The Morgan fingerprint density at radius 1 is 0.459 bits per heavy atom. The Morgan fingerprint density at radius 2 is 0.943 bits per heavy atom. The van der Waals surface area contributed by atoms with Crippen molar-refractivity contribution in [1.82, 2.24) is 9.56 Å². The van der Waals surface area contributed by atoms with E-state index in [0.717, 1.165) is 175 Å². The van der Waals surface area contributed by atoms with Crippen LogP contribution < -0.4 is 61.5 Å². The zero-order valence-electron chi connectivity index (χ0n) is 73.2. The summed E-state index contributed by atoms with van der Waals surface area (Å²) >= 11 is 6.78. The molecule has 0 spiro atoms. The Morgan fingerprint density at radius 3 is 1.47 bits per heavy atom. The third kappa shape index (κ3) is 26.2. The fraction of sp³-hybridized carbons (Fsp3) is 0.270. The molecule has 1 heterocycles. The van der Waals surface area contributed by atoms with Crippen LogP contribution in [0.1, 0.15) is 110 Å². The molecule has 0 saturated heterocycles. The molecule has 0 bridgehead atoms. The SMILES string of the molecule is CC(=O)Nc1cc(I)ccc1C.CCNc1cc(I)ccc1C.CCNc1cc(Oc2cccc3cc(N(CC)CC)ccc23)c(N=Nc2ccc([N+](=O)[O-])cc2)cc1C.CCNc1cc(Oc2cccc3cc(N(CC)CC)ccc23)ccc1C.CCNc1cc2oc3c(ccc4cc(=[N+](CC)CC)ccc43)nc2cc1C.Cc1ccc(I)cc1N. The van der Waals surface area contributed by atoms with Crippen LogP contribution in [0.3, 0.4) is 0 Å². The van der Waals surface area contributed by atoms with Gasteiger partial charge in [-0.05, 0) is 355 Å². The molecule has 14 rings (SSSR count). The number of anilines is 8. The van der Waals surface area contributed by atoms with Gasteiger partial charge < -0.3 is 56.0 Å². The zero-order valence-corrected chi connectivity index (χ0v) is 79.7. The van der Waals surface area contributed by atoms with E-state index in [1.165, 1.54) is 76.1 Å². The van der Waals surface area contributed by atoms with Gasteiger partial charge in [-0.25, -0.2) is 9.56 Å². The first kappa shape index (κ1) is 94.7. The van der Waals surface area contributed by atoms with E-state index >= 15 is 0 Å². The van der Waals surface area contributed by atoms with E-state index in [2.05, 4.69) is 329 Å². The predicted octanol–water partition coefficient (Wildman–Crippen LogP) is 27.2. The van der Waals surface area contributed by atoms with E-state index < -0.39 is 4.92 Å². The third-order valence-electron chi connectivity index (χ3n) is 20.4. The Hall–Kier alpha value is -11.1. The van der Waals surface area contributed by atoms with Crippen LogP contribution in [-0.2, 0) is 4.79 Å². The molecule has 0 aliphatic rings. The number of fused-ring (bicyclic) bond motifs is 6. The lowest BCUT2D eigenvalue weighted by Crippen LogP contribution is -2.29. The summed E-state index contributed by atoms with van der Waals surface area (Å²) in [4.78, 5) is 30.8. The average molecular weight is 1980 g/mol. The highest BCUT2D eigenvalue weighted by molar-refractivity contribution is 14.1. The maximum atomic E-state index is 10.9. The summed E-state index contributed by atoms with van der Waals surface area (Å²) in [5, 5.41) is 43.9. The van der Waals surface area contributed by atoms with Gasteiger partial charge >= 0.3 is 0 Å². The molecule has 19 nitrogen and oxygen atoms in total. The molecule has 0 aliphatic carbocycles. The number of hydrogen-bond acceptors (Lipinski definition) is 16. The van der Waals surface area contributed by atoms with Gasteiger partial charge in [-0.3, -0.25) is 14.9 Å². The van der Waals surface area contributed by atoms with Gasteiger partial charge in [0.15, 0.2) is 16.9 Å². The first-order chi connectivity index (χ1) is 58.7. The van der Waals surface area contributed by atoms with E-state index in [-0.39, 0.29) is 11.6 Å². The number of ether oxygens (including phenoxy) is 2. The van der Waals surface area contributed by atoms with Crippen molar-refractivity contribution in [3.63, 3.8) is 0 Å². The Kier molecular flexibility index (Phi) is 36.3. The number of nitro groups is 1. The van der Waals surface area contributed by atoms with Crippen LogP contribution in [0.15, 0.2) is 239 Å².